The Labute approximate surface area is 70.1 Å². The molecular weight excluding hydrogens is 136 g/mol. The Morgan fingerprint density at radius 2 is 1.82 bits per heavy atom. The van der Waals surface area contributed by atoms with Crippen LogP contribution in [0.1, 0.15) is 34.6 Å². The summed E-state index contributed by atoms with van der Waals surface area (Å²) in [5, 5.41) is 4.23. The lowest BCUT2D eigenvalue weighted by atomic mass is 10.1. The summed E-state index contributed by atoms with van der Waals surface area (Å²) in [6, 6.07) is 0. The van der Waals surface area contributed by atoms with Crippen LogP contribution >= 0.6 is 0 Å². The van der Waals surface area contributed by atoms with E-state index in [0.29, 0.717) is 11.8 Å². The Kier molecular flexibility index (Phi) is 4.92. The summed E-state index contributed by atoms with van der Waals surface area (Å²) < 4.78 is 0. The molecule has 2 heteroatoms. The lowest BCUT2D eigenvalue weighted by Gasteiger charge is -2.07. The van der Waals surface area contributed by atoms with Crippen molar-refractivity contribution >= 4 is 5.71 Å². The van der Waals surface area contributed by atoms with Crippen molar-refractivity contribution in [2.45, 2.75) is 34.6 Å². The van der Waals surface area contributed by atoms with E-state index in [2.05, 4.69) is 45.1 Å². The van der Waals surface area contributed by atoms with E-state index >= 15 is 0 Å². The lowest BCUT2D eigenvalue weighted by Crippen LogP contribution is -2.16. The summed E-state index contributed by atoms with van der Waals surface area (Å²) >= 11 is 0. The van der Waals surface area contributed by atoms with Gasteiger partial charge in [-0.15, -0.1) is 0 Å². The third-order valence-corrected chi connectivity index (χ3v) is 1.59. The maximum absolute atomic E-state index is 4.23. The third-order valence-electron chi connectivity index (χ3n) is 1.59. The molecule has 0 aliphatic heterocycles. The molecule has 0 saturated carbocycles. The van der Waals surface area contributed by atoms with Gasteiger partial charge in [-0.3, -0.25) is 0 Å². The minimum absolute atomic E-state index is 0.551. The molecule has 0 bridgehead atoms. The van der Waals surface area contributed by atoms with E-state index in [9.17, 15) is 0 Å². The van der Waals surface area contributed by atoms with Gasteiger partial charge in [0.25, 0.3) is 0 Å². The fraction of sp³-hybridized carbons (Fsp3) is 0.889. The van der Waals surface area contributed by atoms with Gasteiger partial charge < -0.3 is 5.43 Å². The first-order valence-corrected chi connectivity index (χ1v) is 4.31. The molecule has 0 aliphatic rings. The van der Waals surface area contributed by atoms with Gasteiger partial charge in [0.05, 0.1) is 0 Å². The Hall–Kier alpha value is -0.530. The maximum Gasteiger partial charge on any atom is 0.0372 e. The van der Waals surface area contributed by atoms with Gasteiger partial charge in [-0.25, -0.2) is 0 Å². The van der Waals surface area contributed by atoms with Crippen molar-refractivity contribution in [3.63, 3.8) is 0 Å². The summed E-state index contributed by atoms with van der Waals surface area (Å²) in [4.78, 5) is 0. The molecular formula is C9H20N2. The zero-order valence-corrected chi connectivity index (χ0v) is 8.31. The number of nitrogens with zero attached hydrogens (tertiary/aromatic N) is 1. The number of rotatable bonds is 4. The minimum atomic E-state index is 0.551. The second-order valence-corrected chi connectivity index (χ2v) is 3.66. The fourth-order valence-electron chi connectivity index (χ4n) is 0.482. The largest absolute Gasteiger partial charge is 0.310 e. The average Bonchev–Trinajstić information content (AvgIpc) is 1.86. The highest BCUT2D eigenvalue weighted by atomic mass is 15.3. The molecule has 0 aromatic heterocycles. The van der Waals surface area contributed by atoms with Crippen molar-refractivity contribution in [3.8, 4) is 0 Å². The van der Waals surface area contributed by atoms with E-state index in [1.807, 2.05) is 0 Å². The molecule has 0 fully saturated rings. The van der Waals surface area contributed by atoms with Gasteiger partial charge in [-0.1, -0.05) is 27.7 Å². The predicted octanol–water partition coefficient (Wildman–Crippen LogP) is 2.26. The van der Waals surface area contributed by atoms with Gasteiger partial charge in [-0.05, 0) is 18.8 Å². The second kappa shape index (κ2) is 5.16. The van der Waals surface area contributed by atoms with Crippen molar-refractivity contribution in [2.75, 3.05) is 6.54 Å². The van der Waals surface area contributed by atoms with Crippen LogP contribution in [-0.4, -0.2) is 12.3 Å². The Morgan fingerprint density at radius 3 is 2.18 bits per heavy atom. The zero-order valence-electron chi connectivity index (χ0n) is 8.31. The summed E-state index contributed by atoms with van der Waals surface area (Å²) in [7, 11) is 0. The second-order valence-electron chi connectivity index (χ2n) is 3.66. The first-order chi connectivity index (χ1) is 5.04. The van der Waals surface area contributed by atoms with Gasteiger partial charge in [0.2, 0.25) is 0 Å². The van der Waals surface area contributed by atoms with Crippen molar-refractivity contribution in [1.82, 2.24) is 5.43 Å². The highest BCUT2D eigenvalue weighted by Crippen LogP contribution is 1.94. The van der Waals surface area contributed by atoms with Crippen LogP contribution in [0, 0.1) is 11.8 Å². The molecule has 0 radical (unpaired) electrons. The average molecular weight is 156 g/mol. The first-order valence-electron chi connectivity index (χ1n) is 4.31. The third kappa shape index (κ3) is 5.89. The van der Waals surface area contributed by atoms with Gasteiger partial charge in [0, 0.05) is 12.3 Å². The SMILES string of the molecule is C/C(=N\NCC(C)C)C(C)C. The zero-order chi connectivity index (χ0) is 8.85. The van der Waals surface area contributed by atoms with E-state index < -0.39 is 0 Å². The molecule has 0 amide bonds. The van der Waals surface area contributed by atoms with E-state index in [-0.39, 0.29) is 0 Å². The lowest BCUT2D eigenvalue weighted by molar-refractivity contribution is 0.567. The molecule has 0 aliphatic carbocycles. The molecule has 0 heterocycles. The van der Waals surface area contributed by atoms with Crippen LogP contribution < -0.4 is 5.43 Å². The summed E-state index contributed by atoms with van der Waals surface area (Å²) in [5.41, 5.74) is 4.23. The van der Waals surface area contributed by atoms with E-state index in [1.165, 1.54) is 5.71 Å². The number of hydrazone groups is 1. The highest BCUT2D eigenvalue weighted by molar-refractivity contribution is 5.83. The van der Waals surface area contributed by atoms with E-state index in [0.717, 1.165) is 6.54 Å². The standard InChI is InChI=1S/C9H20N2/c1-7(2)6-10-11-9(5)8(3)4/h7-8,10H,6H2,1-5H3/b11-9+. The van der Waals surface area contributed by atoms with Gasteiger partial charge in [0.15, 0.2) is 0 Å². The molecule has 0 aromatic rings. The molecule has 0 rings (SSSR count). The van der Waals surface area contributed by atoms with Crippen LogP contribution in [0.2, 0.25) is 0 Å². The molecule has 11 heavy (non-hydrogen) atoms. The van der Waals surface area contributed by atoms with Crippen molar-refractivity contribution in [3.05, 3.63) is 0 Å². The number of hydrogen-bond acceptors (Lipinski definition) is 2. The van der Waals surface area contributed by atoms with Crippen molar-refractivity contribution < 1.29 is 0 Å². The van der Waals surface area contributed by atoms with Crippen LogP contribution in [0.25, 0.3) is 0 Å². The molecule has 0 atom stereocenters. The topological polar surface area (TPSA) is 24.4 Å². The Morgan fingerprint density at radius 1 is 1.27 bits per heavy atom. The number of nitrogens with one attached hydrogen (secondary N) is 1. The van der Waals surface area contributed by atoms with Crippen LogP contribution in [-0.2, 0) is 0 Å². The quantitative estimate of drug-likeness (QED) is 0.490. The Balaban J connectivity index is 3.57. The van der Waals surface area contributed by atoms with Crippen LogP contribution in [0.5, 0.6) is 0 Å². The van der Waals surface area contributed by atoms with Crippen LogP contribution in [0.3, 0.4) is 0 Å². The summed E-state index contributed by atoms with van der Waals surface area (Å²) in [6.45, 7) is 11.7. The maximum atomic E-state index is 4.23. The van der Waals surface area contributed by atoms with Gasteiger partial charge >= 0.3 is 0 Å². The molecule has 0 unspecified atom stereocenters. The van der Waals surface area contributed by atoms with Gasteiger partial charge in [-0.2, -0.15) is 5.10 Å². The summed E-state index contributed by atoms with van der Waals surface area (Å²) in [6.07, 6.45) is 0. The smallest absolute Gasteiger partial charge is 0.0372 e. The van der Waals surface area contributed by atoms with Crippen molar-refractivity contribution in [1.29, 1.82) is 0 Å². The summed E-state index contributed by atoms with van der Waals surface area (Å²) in [5.74, 6) is 1.22. The molecule has 66 valence electrons. The van der Waals surface area contributed by atoms with Gasteiger partial charge in [0.1, 0.15) is 0 Å². The first kappa shape index (κ1) is 10.5. The number of hydrogen-bond donors (Lipinski definition) is 1. The highest BCUT2D eigenvalue weighted by Gasteiger charge is 1.96. The monoisotopic (exact) mass is 156 g/mol. The van der Waals surface area contributed by atoms with E-state index in [4.69, 9.17) is 0 Å². The Bertz CT molecular complexity index is 126. The van der Waals surface area contributed by atoms with Crippen LogP contribution in [0.4, 0.5) is 0 Å². The molecule has 0 aromatic carbocycles. The van der Waals surface area contributed by atoms with Crippen LogP contribution in [0.15, 0.2) is 5.10 Å². The molecule has 0 spiro atoms. The molecule has 0 saturated heterocycles. The molecule has 2 nitrogen and oxygen atoms in total. The normalized spacial score (nSPS) is 12.8. The minimum Gasteiger partial charge on any atom is -0.310 e. The predicted molar refractivity (Wildman–Crippen MR) is 50.8 cm³/mol. The van der Waals surface area contributed by atoms with Crippen molar-refractivity contribution in [2.24, 2.45) is 16.9 Å². The molecule has 1 N–H and O–H groups in total. The van der Waals surface area contributed by atoms with E-state index in [1.54, 1.807) is 0 Å². The fourth-order valence-corrected chi connectivity index (χ4v) is 0.482.